The number of hydrogen-bond acceptors (Lipinski definition) is 2. The summed E-state index contributed by atoms with van der Waals surface area (Å²) in [4.78, 5) is 6.40. The fourth-order valence-corrected chi connectivity index (χ4v) is 2.69. The average Bonchev–Trinajstić information content (AvgIpc) is 2.61. The number of nitrogens with zero attached hydrogens (tertiary/aromatic N) is 2. The minimum atomic E-state index is 0.550. The van der Waals surface area contributed by atoms with Gasteiger partial charge in [0.15, 0.2) is 0 Å². The number of rotatable bonds is 1. The Hall–Kier alpha value is -1.54. The molecule has 2 nitrogen and oxygen atoms in total. The second kappa shape index (κ2) is 4.99. The van der Waals surface area contributed by atoms with Crippen LogP contribution in [0.5, 0.6) is 0 Å². The standard InChI is InChI=1S/C15H15ClN2/c16-15-11-13(8-9-17-15)18-10-4-3-6-12-5-1-2-7-14(12)18/h1-2,5,7-9,11H,3-4,6,10H2. The Morgan fingerprint density at radius 1 is 1.11 bits per heavy atom. The summed E-state index contributed by atoms with van der Waals surface area (Å²) in [6.45, 7) is 1.04. The molecule has 0 fully saturated rings. The van der Waals surface area contributed by atoms with Gasteiger partial charge in [0.2, 0.25) is 0 Å². The number of para-hydroxylation sites is 1. The second-order valence-electron chi connectivity index (χ2n) is 4.57. The van der Waals surface area contributed by atoms with Gasteiger partial charge in [0.05, 0.1) is 0 Å². The number of benzene rings is 1. The molecular weight excluding hydrogens is 244 g/mol. The van der Waals surface area contributed by atoms with E-state index in [0.29, 0.717) is 5.15 Å². The first-order valence-electron chi connectivity index (χ1n) is 6.31. The summed E-state index contributed by atoms with van der Waals surface area (Å²) < 4.78 is 0. The highest BCUT2D eigenvalue weighted by Crippen LogP contribution is 2.32. The molecule has 1 aromatic heterocycles. The number of fused-ring (bicyclic) bond motifs is 1. The quantitative estimate of drug-likeness (QED) is 0.713. The monoisotopic (exact) mass is 258 g/mol. The van der Waals surface area contributed by atoms with Gasteiger partial charge in [0.25, 0.3) is 0 Å². The van der Waals surface area contributed by atoms with Crippen LogP contribution in [0.25, 0.3) is 0 Å². The minimum absolute atomic E-state index is 0.550. The van der Waals surface area contributed by atoms with Crippen molar-refractivity contribution in [1.82, 2.24) is 4.98 Å². The lowest BCUT2D eigenvalue weighted by atomic mass is 10.1. The molecule has 0 N–H and O–H groups in total. The summed E-state index contributed by atoms with van der Waals surface area (Å²) in [5, 5.41) is 0.550. The molecule has 92 valence electrons. The molecule has 18 heavy (non-hydrogen) atoms. The highest BCUT2D eigenvalue weighted by molar-refractivity contribution is 6.29. The van der Waals surface area contributed by atoms with Gasteiger partial charge in [-0.3, -0.25) is 0 Å². The van der Waals surface area contributed by atoms with E-state index in [1.165, 1.54) is 24.1 Å². The van der Waals surface area contributed by atoms with E-state index in [2.05, 4.69) is 34.1 Å². The largest absolute Gasteiger partial charge is 0.341 e. The Bertz CT molecular complexity index is 554. The first-order valence-corrected chi connectivity index (χ1v) is 6.69. The first kappa shape index (κ1) is 11.5. The number of pyridine rings is 1. The Morgan fingerprint density at radius 2 is 2.00 bits per heavy atom. The van der Waals surface area contributed by atoms with Crippen LogP contribution in [0.15, 0.2) is 42.6 Å². The lowest BCUT2D eigenvalue weighted by Crippen LogP contribution is -2.17. The van der Waals surface area contributed by atoms with Crippen LogP contribution < -0.4 is 4.90 Å². The molecule has 1 aliphatic rings. The van der Waals surface area contributed by atoms with E-state index in [0.717, 1.165) is 18.7 Å². The van der Waals surface area contributed by atoms with E-state index in [1.54, 1.807) is 6.20 Å². The number of anilines is 2. The zero-order valence-electron chi connectivity index (χ0n) is 10.1. The van der Waals surface area contributed by atoms with Gasteiger partial charge in [0.1, 0.15) is 5.15 Å². The molecule has 2 heterocycles. The summed E-state index contributed by atoms with van der Waals surface area (Å²) in [5.41, 5.74) is 3.85. The third-order valence-corrected chi connectivity index (χ3v) is 3.59. The number of halogens is 1. The Kier molecular flexibility index (Phi) is 3.20. The van der Waals surface area contributed by atoms with E-state index < -0.39 is 0 Å². The van der Waals surface area contributed by atoms with Crippen molar-refractivity contribution in [3.8, 4) is 0 Å². The van der Waals surface area contributed by atoms with Gasteiger partial charge in [-0.1, -0.05) is 29.8 Å². The van der Waals surface area contributed by atoms with Gasteiger partial charge in [0, 0.05) is 24.1 Å². The number of aromatic nitrogens is 1. The van der Waals surface area contributed by atoms with Crippen molar-refractivity contribution >= 4 is 23.0 Å². The van der Waals surface area contributed by atoms with E-state index in [1.807, 2.05) is 12.1 Å². The van der Waals surface area contributed by atoms with E-state index >= 15 is 0 Å². The third kappa shape index (κ3) is 2.21. The molecule has 0 unspecified atom stereocenters. The molecule has 1 aromatic carbocycles. The van der Waals surface area contributed by atoms with E-state index in [9.17, 15) is 0 Å². The zero-order chi connectivity index (χ0) is 12.4. The van der Waals surface area contributed by atoms with E-state index in [-0.39, 0.29) is 0 Å². The van der Waals surface area contributed by atoms with Gasteiger partial charge >= 0.3 is 0 Å². The Balaban J connectivity index is 2.06. The molecule has 0 radical (unpaired) electrons. The fourth-order valence-electron chi connectivity index (χ4n) is 2.52. The van der Waals surface area contributed by atoms with E-state index in [4.69, 9.17) is 11.6 Å². The Labute approximate surface area is 112 Å². The average molecular weight is 259 g/mol. The van der Waals surface area contributed by atoms with Crippen LogP contribution in [0.1, 0.15) is 18.4 Å². The van der Waals surface area contributed by atoms with Gasteiger partial charge < -0.3 is 4.90 Å². The predicted molar refractivity (Wildman–Crippen MR) is 75.6 cm³/mol. The van der Waals surface area contributed by atoms with Crippen molar-refractivity contribution in [1.29, 1.82) is 0 Å². The molecule has 3 heteroatoms. The van der Waals surface area contributed by atoms with Gasteiger partial charge in [-0.2, -0.15) is 0 Å². The van der Waals surface area contributed by atoms with Crippen LogP contribution >= 0.6 is 11.6 Å². The maximum absolute atomic E-state index is 5.99. The molecule has 1 aliphatic heterocycles. The summed E-state index contributed by atoms with van der Waals surface area (Å²) >= 11 is 5.99. The van der Waals surface area contributed by atoms with Crippen LogP contribution in [0.4, 0.5) is 11.4 Å². The molecule has 0 saturated heterocycles. The molecule has 0 bridgehead atoms. The van der Waals surface area contributed by atoms with Crippen LogP contribution in [-0.4, -0.2) is 11.5 Å². The lowest BCUT2D eigenvalue weighted by molar-refractivity contribution is 0.761. The van der Waals surface area contributed by atoms with Crippen molar-refractivity contribution in [2.75, 3.05) is 11.4 Å². The normalized spacial score (nSPS) is 15.1. The predicted octanol–water partition coefficient (Wildman–Crippen LogP) is 4.21. The molecule has 0 amide bonds. The number of hydrogen-bond donors (Lipinski definition) is 0. The SMILES string of the molecule is Clc1cc(N2CCCCc3ccccc32)ccn1. The van der Waals surface area contributed by atoms with Crippen LogP contribution in [0.2, 0.25) is 5.15 Å². The van der Waals surface area contributed by atoms with Gasteiger partial charge in [-0.25, -0.2) is 4.98 Å². The van der Waals surface area contributed by atoms with Crippen molar-refractivity contribution in [3.63, 3.8) is 0 Å². The second-order valence-corrected chi connectivity index (χ2v) is 4.96. The molecule has 0 spiro atoms. The molecule has 0 saturated carbocycles. The molecule has 2 aromatic rings. The summed E-state index contributed by atoms with van der Waals surface area (Å²) in [5.74, 6) is 0. The van der Waals surface area contributed by atoms with Crippen LogP contribution in [-0.2, 0) is 6.42 Å². The topological polar surface area (TPSA) is 16.1 Å². The highest BCUT2D eigenvalue weighted by atomic mass is 35.5. The summed E-state index contributed by atoms with van der Waals surface area (Å²) in [6, 6.07) is 12.6. The van der Waals surface area contributed by atoms with Crippen LogP contribution in [0, 0.1) is 0 Å². The third-order valence-electron chi connectivity index (χ3n) is 3.38. The maximum atomic E-state index is 5.99. The fraction of sp³-hybridized carbons (Fsp3) is 0.267. The van der Waals surface area contributed by atoms with Crippen molar-refractivity contribution in [2.45, 2.75) is 19.3 Å². The van der Waals surface area contributed by atoms with Crippen molar-refractivity contribution < 1.29 is 0 Å². The summed E-state index contributed by atoms with van der Waals surface area (Å²) in [6.07, 6.45) is 5.37. The van der Waals surface area contributed by atoms with Gasteiger partial charge in [-0.15, -0.1) is 0 Å². The maximum Gasteiger partial charge on any atom is 0.131 e. The Morgan fingerprint density at radius 3 is 2.89 bits per heavy atom. The first-order chi connectivity index (χ1) is 8.84. The van der Waals surface area contributed by atoms with Crippen molar-refractivity contribution in [3.05, 3.63) is 53.3 Å². The van der Waals surface area contributed by atoms with Crippen molar-refractivity contribution in [2.24, 2.45) is 0 Å². The zero-order valence-corrected chi connectivity index (χ0v) is 10.9. The van der Waals surface area contributed by atoms with Crippen LogP contribution in [0.3, 0.4) is 0 Å². The molecule has 0 aliphatic carbocycles. The van der Waals surface area contributed by atoms with Gasteiger partial charge in [-0.05, 0) is 43.0 Å². The summed E-state index contributed by atoms with van der Waals surface area (Å²) in [7, 11) is 0. The minimum Gasteiger partial charge on any atom is -0.341 e. The smallest absolute Gasteiger partial charge is 0.131 e. The molecule has 3 rings (SSSR count). The molecular formula is C15H15ClN2. The number of aryl methyl sites for hydroxylation is 1. The molecule has 0 atom stereocenters. The lowest BCUT2D eigenvalue weighted by Gasteiger charge is -2.25. The highest BCUT2D eigenvalue weighted by Gasteiger charge is 2.16.